The number of aryl methyl sites for hydroxylation is 1. The molecule has 1 aromatic carbocycles. The van der Waals surface area contributed by atoms with Crippen molar-refractivity contribution in [1.82, 2.24) is 9.78 Å². The second kappa shape index (κ2) is 5.31. The van der Waals surface area contributed by atoms with E-state index in [2.05, 4.69) is 5.10 Å². The molecule has 0 aliphatic heterocycles. The van der Waals surface area contributed by atoms with Crippen LogP contribution in [0.15, 0.2) is 46.3 Å². The number of sulfone groups is 1. The van der Waals surface area contributed by atoms with Crippen molar-refractivity contribution in [3.05, 3.63) is 52.7 Å². The fourth-order valence-corrected chi connectivity index (χ4v) is 2.87. The van der Waals surface area contributed by atoms with Crippen LogP contribution in [-0.4, -0.2) is 18.2 Å². The molecule has 2 rings (SSSR count). The third-order valence-corrected chi connectivity index (χ3v) is 4.69. The van der Waals surface area contributed by atoms with E-state index in [4.69, 9.17) is 5.26 Å². The average molecular weight is 287 g/mol. The summed E-state index contributed by atoms with van der Waals surface area (Å²) in [6, 6.07) is 9.67. The van der Waals surface area contributed by atoms with Crippen molar-refractivity contribution in [1.29, 1.82) is 5.26 Å². The molecule has 0 saturated carbocycles. The molecule has 0 amide bonds. The van der Waals surface area contributed by atoms with E-state index in [1.807, 2.05) is 6.92 Å². The van der Waals surface area contributed by atoms with Gasteiger partial charge in [0.15, 0.2) is 0 Å². The summed E-state index contributed by atoms with van der Waals surface area (Å²) in [5.74, 6) is 0. The van der Waals surface area contributed by atoms with Crippen molar-refractivity contribution < 1.29 is 8.42 Å². The Morgan fingerprint density at radius 2 is 2.00 bits per heavy atom. The van der Waals surface area contributed by atoms with Crippen LogP contribution in [0.5, 0.6) is 0 Å². The second-order valence-electron chi connectivity index (χ2n) is 4.25. The molecule has 0 bridgehead atoms. The van der Waals surface area contributed by atoms with Gasteiger partial charge >= 0.3 is 0 Å². The van der Waals surface area contributed by atoms with E-state index in [0.29, 0.717) is 5.56 Å². The van der Waals surface area contributed by atoms with Crippen molar-refractivity contribution in [2.24, 2.45) is 7.05 Å². The lowest BCUT2D eigenvalue weighted by Gasteiger charge is -2.02. The molecule has 0 N–H and O–H groups in total. The molecule has 0 aliphatic carbocycles. The average Bonchev–Trinajstić information content (AvgIpc) is 2.77. The van der Waals surface area contributed by atoms with Crippen LogP contribution in [0.25, 0.3) is 6.08 Å². The standard InChI is InChI=1S/C14H13N3O2S/c1-11-12(10-16-17(11)2)8-14(9-15)20(18,19)13-6-4-3-5-7-13/h3-8,10H,1-2H3. The maximum absolute atomic E-state index is 12.4. The van der Waals surface area contributed by atoms with Gasteiger partial charge in [0.2, 0.25) is 9.84 Å². The molecule has 2 aromatic rings. The smallest absolute Gasteiger partial charge is 0.216 e. The summed E-state index contributed by atoms with van der Waals surface area (Å²) in [4.78, 5) is -0.186. The molecule has 0 spiro atoms. The third kappa shape index (κ3) is 2.49. The molecule has 0 aliphatic rings. The number of nitrogens with zero attached hydrogens (tertiary/aromatic N) is 3. The molecule has 0 fully saturated rings. The number of allylic oxidation sites excluding steroid dienone is 1. The molecule has 0 saturated heterocycles. The first-order valence-electron chi connectivity index (χ1n) is 5.87. The van der Waals surface area contributed by atoms with Crippen molar-refractivity contribution >= 4 is 15.9 Å². The van der Waals surface area contributed by atoms with E-state index >= 15 is 0 Å². The minimum Gasteiger partial charge on any atom is -0.272 e. The predicted molar refractivity (Wildman–Crippen MR) is 75.2 cm³/mol. The highest BCUT2D eigenvalue weighted by molar-refractivity contribution is 7.95. The monoisotopic (exact) mass is 287 g/mol. The van der Waals surface area contributed by atoms with Gasteiger partial charge in [0, 0.05) is 18.3 Å². The van der Waals surface area contributed by atoms with Crippen LogP contribution in [0.1, 0.15) is 11.3 Å². The molecule has 0 atom stereocenters. The number of aromatic nitrogens is 2. The van der Waals surface area contributed by atoms with Gasteiger partial charge in [-0.05, 0) is 25.1 Å². The van der Waals surface area contributed by atoms with Crippen LogP contribution < -0.4 is 0 Å². The normalized spacial score (nSPS) is 12.2. The summed E-state index contributed by atoms with van der Waals surface area (Å²) in [5.41, 5.74) is 1.41. The quantitative estimate of drug-likeness (QED) is 0.810. The highest BCUT2D eigenvalue weighted by Gasteiger charge is 2.21. The summed E-state index contributed by atoms with van der Waals surface area (Å²) in [6.07, 6.45) is 2.89. The molecular formula is C14H13N3O2S. The molecule has 6 heteroatoms. The van der Waals surface area contributed by atoms with Gasteiger partial charge in [0.05, 0.1) is 11.1 Å². The zero-order valence-electron chi connectivity index (χ0n) is 11.1. The number of nitriles is 1. The number of benzene rings is 1. The predicted octanol–water partition coefficient (Wildman–Crippen LogP) is 2.07. The minimum atomic E-state index is -3.79. The number of hydrogen-bond acceptors (Lipinski definition) is 4. The van der Waals surface area contributed by atoms with E-state index in [1.165, 1.54) is 24.4 Å². The Morgan fingerprint density at radius 3 is 2.50 bits per heavy atom. The van der Waals surface area contributed by atoms with E-state index in [9.17, 15) is 8.42 Å². The highest BCUT2D eigenvalue weighted by Crippen LogP contribution is 2.21. The van der Waals surface area contributed by atoms with Crippen molar-refractivity contribution in [3.63, 3.8) is 0 Å². The van der Waals surface area contributed by atoms with Crippen molar-refractivity contribution in [2.45, 2.75) is 11.8 Å². The fourth-order valence-electron chi connectivity index (χ4n) is 1.70. The summed E-state index contributed by atoms with van der Waals surface area (Å²) in [6.45, 7) is 1.81. The summed E-state index contributed by atoms with van der Waals surface area (Å²) < 4.78 is 26.4. The third-order valence-electron chi connectivity index (χ3n) is 3.01. The van der Waals surface area contributed by atoms with Gasteiger partial charge in [-0.2, -0.15) is 10.4 Å². The van der Waals surface area contributed by atoms with Crippen LogP contribution in [0, 0.1) is 18.3 Å². The molecule has 1 heterocycles. The van der Waals surface area contributed by atoms with E-state index in [-0.39, 0.29) is 9.80 Å². The topological polar surface area (TPSA) is 75.8 Å². The van der Waals surface area contributed by atoms with E-state index in [1.54, 1.807) is 36.0 Å². The van der Waals surface area contributed by atoms with Gasteiger partial charge in [-0.25, -0.2) is 8.42 Å². The first kappa shape index (κ1) is 14.0. The van der Waals surface area contributed by atoms with E-state index in [0.717, 1.165) is 5.69 Å². The van der Waals surface area contributed by atoms with Crippen LogP contribution in [0.3, 0.4) is 0 Å². The van der Waals surface area contributed by atoms with Crippen molar-refractivity contribution in [3.8, 4) is 6.07 Å². The van der Waals surface area contributed by atoms with Gasteiger partial charge in [-0.15, -0.1) is 0 Å². The zero-order valence-corrected chi connectivity index (χ0v) is 11.9. The van der Waals surface area contributed by atoms with Gasteiger partial charge in [0.1, 0.15) is 11.0 Å². The Kier molecular flexibility index (Phi) is 3.72. The molecule has 20 heavy (non-hydrogen) atoms. The van der Waals surface area contributed by atoms with Gasteiger partial charge in [-0.3, -0.25) is 4.68 Å². The van der Waals surface area contributed by atoms with Crippen LogP contribution in [-0.2, 0) is 16.9 Å². The largest absolute Gasteiger partial charge is 0.272 e. The molecule has 0 unspecified atom stereocenters. The Labute approximate surface area is 117 Å². The zero-order chi connectivity index (χ0) is 14.8. The summed E-state index contributed by atoms with van der Waals surface area (Å²) in [5, 5.41) is 13.2. The molecular weight excluding hydrogens is 274 g/mol. The van der Waals surface area contributed by atoms with Gasteiger partial charge < -0.3 is 0 Å². The van der Waals surface area contributed by atoms with Crippen LogP contribution in [0.2, 0.25) is 0 Å². The Hall–Kier alpha value is -2.39. The van der Waals surface area contributed by atoms with Crippen LogP contribution in [0.4, 0.5) is 0 Å². The molecule has 0 radical (unpaired) electrons. The highest BCUT2D eigenvalue weighted by atomic mass is 32.2. The van der Waals surface area contributed by atoms with Gasteiger partial charge in [-0.1, -0.05) is 18.2 Å². The second-order valence-corrected chi connectivity index (χ2v) is 6.16. The van der Waals surface area contributed by atoms with Crippen molar-refractivity contribution in [2.75, 3.05) is 0 Å². The number of rotatable bonds is 3. The fraction of sp³-hybridized carbons (Fsp3) is 0.143. The SMILES string of the molecule is Cc1c(C=C(C#N)S(=O)(=O)c2ccccc2)cnn1C. The lowest BCUT2D eigenvalue weighted by Crippen LogP contribution is -2.03. The maximum atomic E-state index is 12.4. The van der Waals surface area contributed by atoms with Gasteiger partial charge in [0.25, 0.3) is 0 Å². The minimum absolute atomic E-state index is 0.106. The number of hydrogen-bond donors (Lipinski definition) is 0. The van der Waals surface area contributed by atoms with E-state index < -0.39 is 9.84 Å². The first-order valence-corrected chi connectivity index (χ1v) is 7.35. The molecule has 1 aromatic heterocycles. The Bertz CT molecular complexity index is 797. The Balaban J connectivity index is 2.54. The summed E-state index contributed by atoms with van der Waals surface area (Å²) >= 11 is 0. The Morgan fingerprint density at radius 1 is 1.35 bits per heavy atom. The molecule has 102 valence electrons. The van der Waals surface area contributed by atoms with Crippen LogP contribution >= 0.6 is 0 Å². The first-order chi connectivity index (χ1) is 9.46. The lowest BCUT2D eigenvalue weighted by molar-refractivity contribution is 0.603. The maximum Gasteiger partial charge on any atom is 0.216 e. The molecule has 5 nitrogen and oxygen atoms in total. The summed E-state index contributed by atoms with van der Waals surface area (Å²) in [7, 11) is -2.04. The lowest BCUT2D eigenvalue weighted by atomic mass is 10.2.